The van der Waals surface area contributed by atoms with Crippen LogP contribution in [0, 0.1) is 5.92 Å². The zero-order valence-corrected chi connectivity index (χ0v) is 17.1. The first kappa shape index (κ1) is 19.1. The number of anilines is 2. The molecular weight excluding hydrogens is 423 g/mol. The van der Waals surface area contributed by atoms with E-state index in [1.54, 1.807) is 23.3 Å². The van der Waals surface area contributed by atoms with Crippen LogP contribution < -0.4 is 9.96 Å². The zero-order chi connectivity index (χ0) is 20.8. The first-order valence-electron chi connectivity index (χ1n) is 9.44. The van der Waals surface area contributed by atoms with Crippen molar-refractivity contribution in [2.45, 2.75) is 12.1 Å². The zero-order valence-electron chi connectivity index (χ0n) is 15.6. The molecule has 0 bridgehead atoms. The van der Waals surface area contributed by atoms with Gasteiger partial charge in [0.2, 0.25) is 5.91 Å². The molecule has 30 heavy (non-hydrogen) atoms. The van der Waals surface area contributed by atoms with Crippen molar-refractivity contribution < 1.29 is 14.4 Å². The molecular formula is C23H16Cl2N2O3. The number of halogens is 2. The highest BCUT2D eigenvalue weighted by Crippen LogP contribution is 2.47. The van der Waals surface area contributed by atoms with Gasteiger partial charge in [0.1, 0.15) is 5.92 Å². The van der Waals surface area contributed by atoms with Gasteiger partial charge in [-0.1, -0.05) is 71.7 Å². The molecule has 0 unspecified atom stereocenters. The quantitative estimate of drug-likeness (QED) is 0.537. The Balaban J connectivity index is 1.59. The van der Waals surface area contributed by atoms with Gasteiger partial charge in [-0.3, -0.25) is 14.4 Å². The van der Waals surface area contributed by atoms with Gasteiger partial charge in [-0.05, 0) is 35.9 Å². The van der Waals surface area contributed by atoms with E-state index in [0.717, 1.165) is 16.2 Å². The first-order chi connectivity index (χ1) is 14.5. The third kappa shape index (κ3) is 3.06. The molecule has 2 aliphatic heterocycles. The summed E-state index contributed by atoms with van der Waals surface area (Å²) >= 11 is 12.2. The van der Waals surface area contributed by atoms with Crippen LogP contribution in [0.25, 0.3) is 0 Å². The monoisotopic (exact) mass is 438 g/mol. The van der Waals surface area contributed by atoms with Gasteiger partial charge in [0.05, 0.1) is 17.4 Å². The Kier molecular flexibility index (Phi) is 4.74. The second-order valence-electron chi connectivity index (χ2n) is 7.21. The number of carbonyl (C=O) groups excluding carboxylic acids is 2. The van der Waals surface area contributed by atoms with Gasteiger partial charge in [-0.25, -0.2) is 9.96 Å². The Morgan fingerprint density at radius 1 is 0.733 bits per heavy atom. The molecule has 0 N–H and O–H groups in total. The molecule has 2 saturated heterocycles. The summed E-state index contributed by atoms with van der Waals surface area (Å²) in [5, 5.41) is 2.37. The number of rotatable bonds is 3. The standard InChI is InChI=1S/C23H16Cl2N2O3/c24-15-11-16(25)13-18(12-15)26-22(28)19-20(14-7-3-1-4-8-14)27(30-21(19)23(26)29)17-9-5-2-6-10-17/h1-13,19-21H/t19-,20+,21-/m1/s1. The van der Waals surface area contributed by atoms with Crippen LogP contribution in [-0.4, -0.2) is 17.9 Å². The van der Waals surface area contributed by atoms with Gasteiger partial charge in [0.15, 0.2) is 6.10 Å². The molecule has 2 aliphatic rings. The van der Waals surface area contributed by atoms with Crippen molar-refractivity contribution in [2.24, 2.45) is 5.92 Å². The maximum atomic E-state index is 13.5. The number of amides is 2. The second-order valence-corrected chi connectivity index (χ2v) is 8.08. The minimum atomic E-state index is -0.930. The van der Waals surface area contributed by atoms with E-state index < -0.39 is 24.0 Å². The molecule has 0 aromatic heterocycles. The maximum absolute atomic E-state index is 13.5. The number of imide groups is 1. The molecule has 5 nitrogen and oxygen atoms in total. The summed E-state index contributed by atoms with van der Waals surface area (Å²) in [6, 6.07) is 23.2. The number of hydroxylamine groups is 1. The SMILES string of the molecule is O=C1[C@H]2[C@@H](ON(c3ccccc3)[C@H]2c2ccccc2)C(=O)N1c1cc(Cl)cc(Cl)c1. The summed E-state index contributed by atoms with van der Waals surface area (Å²) in [4.78, 5) is 34.0. The van der Waals surface area contributed by atoms with Crippen LogP contribution in [0.15, 0.2) is 78.9 Å². The van der Waals surface area contributed by atoms with Gasteiger partial charge in [-0.2, -0.15) is 0 Å². The third-order valence-corrected chi connectivity index (χ3v) is 5.81. The number of para-hydroxylation sites is 1. The topological polar surface area (TPSA) is 49.9 Å². The molecule has 0 spiro atoms. The van der Waals surface area contributed by atoms with Crippen molar-refractivity contribution in [3.8, 4) is 0 Å². The third-order valence-electron chi connectivity index (χ3n) is 5.37. The summed E-state index contributed by atoms with van der Waals surface area (Å²) in [5.74, 6) is -1.46. The van der Waals surface area contributed by atoms with Crippen molar-refractivity contribution in [1.82, 2.24) is 0 Å². The van der Waals surface area contributed by atoms with E-state index in [9.17, 15) is 9.59 Å². The molecule has 0 radical (unpaired) electrons. The van der Waals surface area contributed by atoms with Gasteiger partial charge in [0, 0.05) is 10.0 Å². The Hall–Kier alpha value is -2.86. The predicted molar refractivity (Wildman–Crippen MR) is 115 cm³/mol. The lowest BCUT2D eigenvalue weighted by Gasteiger charge is -2.28. The maximum Gasteiger partial charge on any atom is 0.266 e. The van der Waals surface area contributed by atoms with Crippen LogP contribution in [-0.2, 0) is 14.4 Å². The number of carbonyl (C=O) groups is 2. The van der Waals surface area contributed by atoms with E-state index in [1.165, 1.54) is 0 Å². The van der Waals surface area contributed by atoms with Crippen molar-refractivity contribution >= 4 is 46.4 Å². The highest BCUT2D eigenvalue weighted by molar-refractivity contribution is 6.35. The van der Waals surface area contributed by atoms with Crippen LogP contribution in [0.1, 0.15) is 11.6 Å². The molecule has 2 fully saturated rings. The second kappa shape index (κ2) is 7.43. The fourth-order valence-electron chi connectivity index (χ4n) is 4.13. The molecule has 2 amide bonds. The number of hydrogen-bond donors (Lipinski definition) is 0. The van der Waals surface area contributed by atoms with Gasteiger partial charge in [0.25, 0.3) is 5.91 Å². The van der Waals surface area contributed by atoms with Crippen LogP contribution in [0.5, 0.6) is 0 Å². The van der Waals surface area contributed by atoms with Crippen molar-refractivity contribution in [3.05, 3.63) is 94.5 Å². The Bertz CT molecular complexity index is 1100. The van der Waals surface area contributed by atoms with Crippen molar-refractivity contribution in [2.75, 3.05) is 9.96 Å². The largest absolute Gasteiger partial charge is 0.273 e. The van der Waals surface area contributed by atoms with Crippen LogP contribution in [0.2, 0.25) is 10.0 Å². The number of nitrogens with zero attached hydrogens (tertiary/aromatic N) is 2. The highest BCUT2D eigenvalue weighted by Gasteiger charge is 2.60. The lowest BCUT2D eigenvalue weighted by atomic mass is 9.90. The fourth-order valence-corrected chi connectivity index (χ4v) is 4.64. The van der Waals surface area contributed by atoms with E-state index >= 15 is 0 Å². The number of fused-ring (bicyclic) bond motifs is 1. The van der Waals surface area contributed by atoms with Crippen molar-refractivity contribution in [3.63, 3.8) is 0 Å². The van der Waals surface area contributed by atoms with E-state index in [-0.39, 0.29) is 5.91 Å². The molecule has 7 heteroatoms. The number of benzene rings is 3. The van der Waals surface area contributed by atoms with Gasteiger partial charge in [-0.15, -0.1) is 0 Å². The summed E-state index contributed by atoms with van der Waals surface area (Å²) in [7, 11) is 0. The molecule has 150 valence electrons. The lowest BCUT2D eigenvalue weighted by molar-refractivity contribution is -0.126. The summed E-state index contributed by atoms with van der Waals surface area (Å²) < 4.78 is 0. The van der Waals surface area contributed by atoms with E-state index in [0.29, 0.717) is 15.7 Å². The average Bonchev–Trinajstić information content (AvgIpc) is 3.25. The van der Waals surface area contributed by atoms with Crippen LogP contribution in [0.3, 0.4) is 0 Å². The number of hydrogen-bond acceptors (Lipinski definition) is 4. The average molecular weight is 439 g/mol. The Morgan fingerprint density at radius 2 is 1.33 bits per heavy atom. The molecule has 5 rings (SSSR count). The molecule has 0 saturated carbocycles. The van der Waals surface area contributed by atoms with E-state index in [2.05, 4.69) is 0 Å². The van der Waals surface area contributed by atoms with E-state index in [4.69, 9.17) is 28.0 Å². The van der Waals surface area contributed by atoms with E-state index in [1.807, 2.05) is 60.7 Å². The fraction of sp³-hybridized carbons (Fsp3) is 0.130. The molecule has 3 aromatic carbocycles. The van der Waals surface area contributed by atoms with Gasteiger partial charge < -0.3 is 0 Å². The predicted octanol–water partition coefficient (Wildman–Crippen LogP) is 5.04. The lowest BCUT2D eigenvalue weighted by Crippen LogP contribution is -2.37. The summed E-state index contributed by atoms with van der Waals surface area (Å²) in [5.41, 5.74) is 2.01. The Labute approximate surface area is 183 Å². The minimum absolute atomic E-state index is 0.337. The van der Waals surface area contributed by atoms with Crippen LogP contribution >= 0.6 is 23.2 Å². The highest BCUT2D eigenvalue weighted by atomic mass is 35.5. The summed E-state index contributed by atoms with van der Waals surface area (Å²) in [6.45, 7) is 0. The molecule has 0 aliphatic carbocycles. The smallest absolute Gasteiger partial charge is 0.266 e. The molecule has 3 atom stereocenters. The van der Waals surface area contributed by atoms with Crippen LogP contribution in [0.4, 0.5) is 11.4 Å². The normalized spacial score (nSPS) is 23.2. The van der Waals surface area contributed by atoms with Crippen molar-refractivity contribution in [1.29, 1.82) is 0 Å². The minimum Gasteiger partial charge on any atom is -0.273 e. The first-order valence-corrected chi connectivity index (χ1v) is 10.2. The molecule has 2 heterocycles. The summed E-state index contributed by atoms with van der Waals surface area (Å²) in [6.07, 6.45) is -0.930. The van der Waals surface area contributed by atoms with Gasteiger partial charge >= 0.3 is 0 Å². The Morgan fingerprint density at radius 3 is 1.97 bits per heavy atom. The molecule has 3 aromatic rings.